The molecular weight excluding hydrogens is 234 g/mol. The van der Waals surface area contributed by atoms with E-state index in [-0.39, 0.29) is 10.2 Å². The highest BCUT2D eigenvalue weighted by Gasteiger charge is 2.16. The summed E-state index contributed by atoms with van der Waals surface area (Å²) in [6, 6.07) is 0.928. The molecule has 0 fully saturated rings. The molecule has 2 nitrogen and oxygen atoms in total. The van der Waals surface area contributed by atoms with Crippen LogP contribution in [0.2, 0.25) is 0 Å². The zero-order valence-electron chi connectivity index (χ0n) is 6.07. The smallest absolute Gasteiger partial charge is 0.210 e. The highest BCUT2D eigenvalue weighted by Crippen LogP contribution is 2.35. The highest BCUT2D eigenvalue weighted by atomic mass is 79.9. The van der Waals surface area contributed by atoms with E-state index in [4.69, 9.17) is 5.11 Å². The number of phenols is 1. The fourth-order valence-electron chi connectivity index (χ4n) is 0.749. The molecule has 66 valence electrons. The van der Waals surface area contributed by atoms with Crippen molar-refractivity contribution in [2.24, 2.45) is 0 Å². The van der Waals surface area contributed by atoms with Crippen molar-refractivity contribution < 1.29 is 18.6 Å². The van der Waals surface area contributed by atoms with Crippen molar-refractivity contribution in [3.8, 4) is 11.5 Å². The second kappa shape index (κ2) is 3.26. The van der Waals surface area contributed by atoms with Gasteiger partial charge in [-0.05, 0) is 22.0 Å². The van der Waals surface area contributed by atoms with Crippen molar-refractivity contribution in [3.63, 3.8) is 0 Å². The fraction of sp³-hybridized carbons (Fsp3) is 0.143. The molecular formula is C7H5BrF2O2. The minimum absolute atomic E-state index is 0.123. The summed E-state index contributed by atoms with van der Waals surface area (Å²) >= 11 is 2.88. The number of aromatic hydroxyl groups is 1. The minimum atomic E-state index is -1.11. The Morgan fingerprint density at radius 2 is 2.08 bits per heavy atom. The Kier molecular flexibility index (Phi) is 2.52. The van der Waals surface area contributed by atoms with E-state index in [0.717, 1.165) is 6.07 Å². The van der Waals surface area contributed by atoms with Crippen LogP contribution < -0.4 is 4.74 Å². The molecule has 0 saturated heterocycles. The number of methoxy groups -OCH3 is 1. The van der Waals surface area contributed by atoms with Gasteiger partial charge in [0, 0.05) is 0 Å². The van der Waals surface area contributed by atoms with Gasteiger partial charge in [0.15, 0.2) is 17.3 Å². The van der Waals surface area contributed by atoms with Crippen LogP contribution in [0, 0.1) is 11.6 Å². The number of benzene rings is 1. The van der Waals surface area contributed by atoms with Gasteiger partial charge in [-0.15, -0.1) is 0 Å². The Bertz CT molecular complexity index is 315. The lowest BCUT2D eigenvalue weighted by Gasteiger charge is -2.05. The van der Waals surface area contributed by atoms with Gasteiger partial charge in [-0.2, -0.15) is 4.39 Å². The number of phenolic OH excluding ortho intramolecular Hbond substituents is 1. The van der Waals surface area contributed by atoms with Crippen molar-refractivity contribution in [2.75, 3.05) is 7.11 Å². The largest absolute Gasteiger partial charge is 0.503 e. The molecule has 1 rings (SSSR count). The molecule has 1 aromatic rings. The molecule has 0 atom stereocenters. The van der Waals surface area contributed by atoms with Crippen molar-refractivity contribution in [2.45, 2.75) is 0 Å². The van der Waals surface area contributed by atoms with Crippen LogP contribution in [0.5, 0.6) is 11.5 Å². The molecule has 0 aliphatic carbocycles. The van der Waals surface area contributed by atoms with E-state index in [2.05, 4.69) is 20.7 Å². The van der Waals surface area contributed by atoms with Crippen LogP contribution >= 0.6 is 15.9 Å². The molecule has 1 aromatic carbocycles. The van der Waals surface area contributed by atoms with Gasteiger partial charge < -0.3 is 9.84 Å². The summed E-state index contributed by atoms with van der Waals surface area (Å²) in [5.74, 6) is -3.38. The number of rotatable bonds is 1. The van der Waals surface area contributed by atoms with E-state index in [1.807, 2.05) is 0 Å². The standard InChI is InChI=1S/C7H5BrF2O2/c1-12-7-3(8)2-4(9)6(11)5(7)10/h2,11H,1H3. The third-order valence-corrected chi connectivity index (χ3v) is 1.90. The first-order valence-corrected chi connectivity index (χ1v) is 3.77. The summed E-state index contributed by atoms with van der Waals surface area (Å²) < 4.78 is 30.1. The lowest BCUT2D eigenvalue weighted by molar-refractivity contribution is 0.348. The molecule has 0 aromatic heterocycles. The maximum Gasteiger partial charge on any atom is 0.210 e. The van der Waals surface area contributed by atoms with Gasteiger partial charge in [0.25, 0.3) is 0 Å². The van der Waals surface area contributed by atoms with E-state index in [9.17, 15) is 8.78 Å². The maximum atomic E-state index is 12.9. The summed E-state index contributed by atoms with van der Waals surface area (Å²) in [7, 11) is 1.22. The Morgan fingerprint density at radius 1 is 1.50 bits per heavy atom. The second-order valence-corrected chi connectivity index (χ2v) is 2.89. The molecule has 0 radical (unpaired) electrons. The summed E-state index contributed by atoms with van der Waals surface area (Å²) in [6.07, 6.45) is 0. The quantitative estimate of drug-likeness (QED) is 0.815. The predicted molar refractivity (Wildman–Crippen MR) is 42.3 cm³/mol. The third kappa shape index (κ3) is 1.36. The van der Waals surface area contributed by atoms with E-state index in [1.165, 1.54) is 7.11 Å². The summed E-state index contributed by atoms with van der Waals surface area (Å²) in [4.78, 5) is 0. The van der Waals surface area contributed by atoms with E-state index < -0.39 is 17.4 Å². The molecule has 12 heavy (non-hydrogen) atoms. The predicted octanol–water partition coefficient (Wildman–Crippen LogP) is 2.44. The minimum Gasteiger partial charge on any atom is -0.503 e. The molecule has 0 spiro atoms. The summed E-state index contributed by atoms with van der Waals surface area (Å²) in [5.41, 5.74) is 0. The molecule has 5 heteroatoms. The van der Waals surface area contributed by atoms with Gasteiger partial charge >= 0.3 is 0 Å². The first kappa shape index (κ1) is 9.25. The number of halogens is 3. The van der Waals surface area contributed by atoms with Crippen LogP contribution in [0.3, 0.4) is 0 Å². The Morgan fingerprint density at radius 3 is 2.58 bits per heavy atom. The second-order valence-electron chi connectivity index (χ2n) is 2.04. The number of hydrogen-bond acceptors (Lipinski definition) is 2. The highest BCUT2D eigenvalue weighted by molar-refractivity contribution is 9.10. The number of ether oxygens (including phenoxy) is 1. The SMILES string of the molecule is COc1c(Br)cc(F)c(O)c1F. The third-order valence-electron chi connectivity index (χ3n) is 1.31. The average molecular weight is 239 g/mol. The number of hydrogen-bond donors (Lipinski definition) is 1. The van der Waals surface area contributed by atoms with Gasteiger partial charge in [-0.3, -0.25) is 0 Å². The molecule has 0 heterocycles. The van der Waals surface area contributed by atoms with E-state index >= 15 is 0 Å². The van der Waals surface area contributed by atoms with E-state index in [1.54, 1.807) is 0 Å². The first-order chi connectivity index (χ1) is 5.57. The monoisotopic (exact) mass is 238 g/mol. The Hall–Kier alpha value is -0.840. The van der Waals surface area contributed by atoms with Crippen molar-refractivity contribution >= 4 is 15.9 Å². The van der Waals surface area contributed by atoms with Gasteiger partial charge in [-0.25, -0.2) is 4.39 Å². The van der Waals surface area contributed by atoms with Crippen LogP contribution in [-0.4, -0.2) is 12.2 Å². The van der Waals surface area contributed by atoms with Gasteiger partial charge in [0.2, 0.25) is 5.82 Å². The van der Waals surface area contributed by atoms with Crippen molar-refractivity contribution in [1.29, 1.82) is 0 Å². The van der Waals surface area contributed by atoms with Crippen LogP contribution in [0.4, 0.5) is 8.78 Å². The Labute approximate surface area is 75.9 Å². The van der Waals surface area contributed by atoms with E-state index in [0.29, 0.717) is 0 Å². The van der Waals surface area contributed by atoms with Crippen molar-refractivity contribution in [1.82, 2.24) is 0 Å². The van der Waals surface area contributed by atoms with Gasteiger partial charge in [-0.1, -0.05) is 0 Å². The first-order valence-electron chi connectivity index (χ1n) is 2.98. The maximum absolute atomic E-state index is 12.9. The average Bonchev–Trinajstić information content (AvgIpc) is 2.01. The fourth-order valence-corrected chi connectivity index (χ4v) is 1.29. The van der Waals surface area contributed by atoms with Crippen LogP contribution in [-0.2, 0) is 0 Å². The molecule has 0 saturated carbocycles. The lowest BCUT2D eigenvalue weighted by atomic mass is 10.3. The molecule has 1 N–H and O–H groups in total. The van der Waals surface area contributed by atoms with Gasteiger partial charge in [0.05, 0.1) is 11.6 Å². The molecule has 0 bridgehead atoms. The topological polar surface area (TPSA) is 29.5 Å². The van der Waals surface area contributed by atoms with Crippen molar-refractivity contribution in [3.05, 3.63) is 22.2 Å². The normalized spacial score (nSPS) is 10.0. The zero-order chi connectivity index (χ0) is 9.30. The van der Waals surface area contributed by atoms with Crippen LogP contribution in [0.1, 0.15) is 0 Å². The molecule has 0 aliphatic rings. The van der Waals surface area contributed by atoms with Crippen LogP contribution in [0.15, 0.2) is 10.5 Å². The molecule has 0 amide bonds. The van der Waals surface area contributed by atoms with Crippen LogP contribution in [0.25, 0.3) is 0 Å². The van der Waals surface area contributed by atoms with Gasteiger partial charge in [0.1, 0.15) is 0 Å². The summed E-state index contributed by atoms with van der Waals surface area (Å²) in [6.45, 7) is 0. The zero-order valence-corrected chi connectivity index (χ0v) is 7.65. The summed E-state index contributed by atoms with van der Waals surface area (Å²) in [5, 5.41) is 8.79. The lowest BCUT2D eigenvalue weighted by Crippen LogP contribution is -1.92. The molecule has 0 aliphatic heterocycles. The molecule has 0 unspecified atom stereocenters. The Balaban J connectivity index is 3.40.